The summed E-state index contributed by atoms with van der Waals surface area (Å²) in [5.41, 5.74) is -1.88. The van der Waals surface area contributed by atoms with Gasteiger partial charge in [-0.15, -0.1) is 0 Å². The third kappa shape index (κ3) is 2.24. The summed E-state index contributed by atoms with van der Waals surface area (Å²) in [4.78, 5) is 23.2. The van der Waals surface area contributed by atoms with E-state index >= 15 is 0 Å². The van der Waals surface area contributed by atoms with Crippen molar-refractivity contribution in [1.29, 1.82) is 0 Å². The van der Waals surface area contributed by atoms with Crippen LogP contribution in [0.5, 0.6) is 0 Å². The van der Waals surface area contributed by atoms with Crippen molar-refractivity contribution < 1.29 is 38.7 Å². The van der Waals surface area contributed by atoms with E-state index in [2.05, 4.69) is 0 Å². The number of carbonyl (C=O) groups is 2. The molecule has 0 amide bonds. The number of aliphatic hydroxyl groups is 2. The van der Waals surface area contributed by atoms with Crippen molar-refractivity contribution in [2.45, 2.75) is 70.2 Å². The first-order valence-electron chi connectivity index (χ1n) is 9.23. The van der Waals surface area contributed by atoms with Crippen LogP contribution in [0, 0.1) is 10.8 Å². The van der Waals surface area contributed by atoms with Crippen molar-refractivity contribution in [3.8, 4) is 0 Å². The summed E-state index contributed by atoms with van der Waals surface area (Å²) in [6.07, 6.45) is -1.81. The molecule has 0 aromatic heterocycles. The van der Waals surface area contributed by atoms with E-state index in [1.165, 1.54) is 13.8 Å². The lowest BCUT2D eigenvalue weighted by atomic mass is 9.51. The van der Waals surface area contributed by atoms with Gasteiger partial charge >= 0.3 is 11.9 Å². The minimum Gasteiger partial charge on any atom is -0.465 e. The topological polar surface area (TPSA) is 115 Å². The lowest BCUT2D eigenvalue weighted by molar-refractivity contribution is -0.238. The summed E-state index contributed by atoms with van der Waals surface area (Å²) >= 11 is 0. The van der Waals surface area contributed by atoms with Crippen LogP contribution >= 0.6 is 0 Å². The molecule has 0 radical (unpaired) electrons. The molecule has 8 atom stereocenters. The van der Waals surface area contributed by atoms with Crippen LogP contribution in [-0.4, -0.2) is 71.5 Å². The van der Waals surface area contributed by atoms with Gasteiger partial charge in [0.1, 0.15) is 30.5 Å². The third-order valence-electron chi connectivity index (χ3n) is 7.20. The maximum Gasteiger partial charge on any atom is 0.303 e. The van der Waals surface area contributed by atoms with Crippen LogP contribution in [0.4, 0.5) is 0 Å². The summed E-state index contributed by atoms with van der Waals surface area (Å²) in [5, 5.41) is 21.7. The van der Waals surface area contributed by atoms with Crippen molar-refractivity contribution in [3.05, 3.63) is 11.6 Å². The molecular formula is C19H26O8. The Kier molecular flexibility index (Phi) is 4.03. The van der Waals surface area contributed by atoms with Crippen molar-refractivity contribution >= 4 is 11.9 Å². The number of rotatable bonds is 3. The van der Waals surface area contributed by atoms with Crippen LogP contribution in [0.15, 0.2) is 11.6 Å². The van der Waals surface area contributed by atoms with Crippen LogP contribution in [0.1, 0.15) is 34.1 Å². The van der Waals surface area contributed by atoms with Gasteiger partial charge in [-0.25, -0.2) is 0 Å². The second-order valence-electron chi connectivity index (χ2n) is 8.44. The molecule has 4 rings (SSSR count). The molecule has 2 bridgehead atoms. The first-order valence-corrected chi connectivity index (χ1v) is 9.23. The minimum absolute atomic E-state index is 0.0351. The zero-order valence-corrected chi connectivity index (χ0v) is 15.9. The Morgan fingerprint density at radius 1 is 1.30 bits per heavy atom. The molecule has 0 aromatic carbocycles. The Labute approximate surface area is 157 Å². The minimum atomic E-state index is -1.13. The molecule has 0 aromatic rings. The van der Waals surface area contributed by atoms with Crippen molar-refractivity contribution in [2.75, 3.05) is 13.2 Å². The molecule has 27 heavy (non-hydrogen) atoms. The molecule has 150 valence electrons. The van der Waals surface area contributed by atoms with E-state index in [4.69, 9.17) is 18.9 Å². The number of epoxide rings is 1. The van der Waals surface area contributed by atoms with E-state index in [0.717, 1.165) is 5.57 Å². The highest BCUT2D eigenvalue weighted by molar-refractivity contribution is 5.67. The molecule has 2 aliphatic heterocycles. The van der Waals surface area contributed by atoms with Gasteiger partial charge in [0, 0.05) is 31.1 Å². The highest BCUT2D eigenvalue weighted by Gasteiger charge is 2.85. The Morgan fingerprint density at radius 3 is 2.52 bits per heavy atom. The average molecular weight is 382 g/mol. The second kappa shape index (κ2) is 5.76. The van der Waals surface area contributed by atoms with Gasteiger partial charge in [-0.3, -0.25) is 9.59 Å². The summed E-state index contributed by atoms with van der Waals surface area (Å²) in [7, 11) is 0. The first-order chi connectivity index (χ1) is 12.6. The van der Waals surface area contributed by atoms with Crippen LogP contribution in [0.25, 0.3) is 0 Å². The summed E-state index contributed by atoms with van der Waals surface area (Å²) in [5.74, 6) is -0.874. The van der Waals surface area contributed by atoms with Gasteiger partial charge in [0.2, 0.25) is 0 Å². The van der Waals surface area contributed by atoms with E-state index in [1.54, 1.807) is 0 Å². The lowest BCUT2D eigenvalue weighted by Gasteiger charge is -2.58. The largest absolute Gasteiger partial charge is 0.465 e. The zero-order chi connectivity index (χ0) is 19.8. The monoisotopic (exact) mass is 382 g/mol. The van der Waals surface area contributed by atoms with Crippen LogP contribution in [0.2, 0.25) is 0 Å². The Bertz CT molecular complexity index is 712. The third-order valence-corrected chi connectivity index (χ3v) is 7.20. The van der Waals surface area contributed by atoms with Gasteiger partial charge < -0.3 is 29.2 Å². The number of hydrogen-bond donors (Lipinski definition) is 2. The summed E-state index contributed by atoms with van der Waals surface area (Å²) < 4.78 is 22.9. The molecule has 3 fully saturated rings. The molecular weight excluding hydrogens is 356 g/mol. The second-order valence-corrected chi connectivity index (χ2v) is 8.44. The number of aliphatic hydroxyl groups excluding tert-OH is 2. The molecule has 8 nitrogen and oxygen atoms in total. The number of esters is 2. The maximum atomic E-state index is 11.6. The fraction of sp³-hybridized carbons (Fsp3) is 0.789. The lowest BCUT2D eigenvalue weighted by Crippen LogP contribution is -2.67. The smallest absolute Gasteiger partial charge is 0.303 e. The quantitative estimate of drug-likeness (QED) is 0.401. The molecule has 1 saturated carbocycles. The van der Waals surface area contributed by atoms with E-state index in [9.17, 15) is 19.8 Å². The van der Waals surface area contributed by atoms with Crippen molar-refractivity contribution in [2.24, 2.45) is 10.8 Å². The fourth-order valence-electron chi connectivity index (χ4n) is 5.58. The summed E-state index contributed by atoms with van der Waals surface area (Å²) in [6, 6.07) is 0. The standard InChI is InChI=1S/C19H26O8/c1-9-5-13-18(7-24-10(2)20,6-12(9)26-11(3)21)17(4)15(23)14(22)16(27-13)19(17)8-25-19/h5,12-16,22-23H,6-8H2,1-4H3/t12-,13+,14+,15+,16+,17+,18+,19?/m0/s1. The van der Waals surface area contributed by atoms with Crippen LogP contribution < -0.4 is 0 Å². The van der Waals surface area contributed by atoms with E-state index < -0.39 is 58.9 Å². The predicted molar refractivity (Wildman–Crippen MR) is 90.5 cm³/mol. The normalized spacial score (nSPS) is 50.0. The zero-order valence-electron chi connectivity index (χ0n) is 15.9. The number of ether oxygens (including phenoxy) is 4. The van der Waals surface area contributed by atoms with Gasteiger partial charge in [-0.1, -0.05) is 13.0 Å². The SMILES string of the molecule is CC(=O)OC[C@]12C[C@H](OC(C)=O)C(C)=C[C@H]1O[C@@H]1[C@H](O)[C@@H](O)[C@@]2(C)C12CO2. The van der Waals surface area contributed by atoms with Crippen LogP contribution in [-0.2, 0) is 28.5 Å². The average Bonchev–Trinajstić information content (AvgIpc) is 3.37. The molecule has 2 heterocycles. The number of fused-ring (bicyclic) bond motifs is 2. The summed E-state index contributed by atoms with van der Waals surface area (Å²) in [6.45, 7) is 6.67. The molecule has 4 aliphatic rings. The maximum absolute atomic E-state index is 11.6. The molecule has 2 aliphatic carbocycles. The Hall–Kier alpha value is -1.48. The molecule has 1 unspecified atom stereocenters. The van der Waals surface area contributed by atoms with Gasteiger partial charge in [0.15, 0.2) is 0 Å². The van der Waals surface area contributed by atoms with Crippen LogP contribution in [0.3, 0.4) is 0 Å². The molecule has 8 heteroatoms. The van der Waals surface area contributed by atoms with Gasteiger partial charge in [-0.2, -0.15) is 0 Å². The van der Waals surface area contributed by atoms with Gasteiger partial charge in [-0.05, 0) is 12.5 Å². The van der Waals surface area contributed by atoms with Gasteiger partial charge in [0.25, 0.3) is 0 Å². The van der Waals surface area contributed by atoms with E-state index in [-0.39, 0.29) is 6.61 Å². The van der Waals surface area contributed by atoms with Crippen molar-refractivity contribution in [3.63, 3.8) is 0 Å². The highest BCUT2D eigenvalue weighted by atomic mass is 16.6. The first kappa shape index (κ1) is 18.9. The highest BCUT2D eigenvalue weighted by Crippen LogP contribution is 2.71. The fourth-order valence-corrected chi connectivity index (χ4v) is 5.58. The Balaban J connectivity index is 1.84. The molecule has 2 N–H and O–H groups in total. The van der Waals surface area contributed by atoms with E-state index in [1.807, 2.05) is 19.9 Å². The Morgan fingerprint density at radius 2 is 1.96 bits per heavy atom. The number of hydrogen-bond acceptors (Lipinski definition) is 8. The van der Waals surface area contributed by atoms with Crippen molar-refractivity contribution in [1.82, 2.24) is 0 Å². The van der Waals surface area contributed by atoms with Gasteiger partial charge in [0.05, 0.1) is 18.8 Å². The van der Waals surface area contributed by atoms with E-state index in [0.29, 0.717) is 13.0 Å². The predicted octanol–water partition coefficient (Wildman–Crippen LogP) is 0.0957. The molecule has 1 spiro atoms. The molecule has 2 saturated heterocycles. The number of carbonyl (C=O) groups excluding carboxylic acids is 2.